The predicted octanol–water partition coefficient (Wildman–Crippen LogP) is 3.27. The fourth-order valence-corrected chi connectivity index (χ4v) is 3.00. The van der Waals surface area contributed by atoms with Crippen LogP contribution in [-0.4, -0.2) is 43.2 Å². The summed E-state index contributed by atoms with van der Waals surface area (Å²) < 4.78 is 5.07. The van der Waals surface area contributed by atoms with Crippen LogP contribution in [0, 0.1) is 0 Å². The summed E-state index contributed by atoms with van der Waals surface area (Å²) in [6.07, 6.45) is 0.395. The van der Waals surface area contributed by atoms with Crippen molar-refractivity contribution in [1.29, 1.82) is 0 Å². The third kappa shape index (κ3) is 6.51. The van der Waals surface area contributed by atoms with Crippen LogP contribution >= 0.6 is 11.8 Å². The third-order valence-corrected chi connectivity index (χ3v) is 4.52. The molecule has 2 rings (SSSR count). The molecule has 1 N–H and O–H groups in total. The molecule has 0 aromatic heterocycles. The minimum absolute atomic E-state index is 0.0286. The zero-order valence-corrected chi connectivity index (χ0v) is 15.2. The highest BCUT2D eigenvalue weighted by molar-refractivity contribution is 7.99. The standard InChI is InChI=1S/C19H22N2O3S/c1-21(19(23)12-13-25-17-6-4-3-5-7-17)14-18(22)20-15-8-10-16(24-2)11-9-15/h3-11H,12-14H2,1-2H3,(H,20,22). The van der Waals surface area contributed by atoms with E-state index in [1.165, 1.54) is 4.90 Å². The first-order chi connectivity index (χ1) is 12.1. The lowest BCUT2D eigenvalue weighted by atomic mass is 10.3. The van der Waals surface area contributed by atoms with Gasteiger partial charge in [-0.3, -0.25) is 9.59 Å². The van der Waals surface area contributed by atoms with Gasteiger partial charge in [-0.2, -0.15) is 0 Å². The summed E-state index contributed by atoms with van der Waals surface area (Å²) in [7, 11) is 3.23. The molecule has 0 saturated carbocycles. The molecule has 0 radical (unpaired) electrons. The van der Waals surface area contributed by atoms with Crippen molar-refractivity contribution in [2.75, 3.05) is 31.8 Å². The molecule has 0 saturated heterocycles. The SMILES string of the molecule is COc1ccc(NC(=O)CN(C)C(=O)CCSc2ccccc2)cc1. The molecule has 0 heterocycles. The Balaban J connectivity index is 1.72. The molecular weight excluding hydrogens is 336 g/mol. The van der Waals surface area contributed by atoms with Crippen LogP contribution in [0.2, 0.25) is 0 Å². The van der Waals surface area contributed by atoms with E-state index in [0.717, 1.165) is 10.6 Å². The van der Waals surface area contributed by atoms with Crippen molar-refractivity contribution in [1.82, 2.24) is 4.90 Å². The largest absolute Gasteiger partial charge is 0.497 e. The van der Waals surface area contributed by atoms with Crippen molar-refractivity contribution in [3.8, 4) is 5.75 Å². The van der Waals surface area contributed by atoms with Gasteiger partial charge < -0.3 is 15.0 Å². The number of rotatable bonds is 8. The maximum atomic E-state index is 12.1. The van der Waals surface area contributed by atoms with Gasteiger partial charge in [0.15, 0.2) is 0 Å². The molecule has 0 spiro atoms. The van der Waals surface area contributed by atoms with Crippen LogP contribution in [0.1, 0.15) is 6.42 Å². The number of ether oxygens (including phenoxy) is 1. The smallest absolute Gasteiger partial charge is 0.243 e. The highest BCUT2D eigenvalue weighted by Gasteiger charge is 2.13. The Bertz CT molecular complexity index is 690. The lowest BCUT2D eigenvalue weighted by Crippen LogP contribution is -2.35. The van der Waals surface area contributed by atoms with Gasteiger partial charge in [0.05, 0.1) is 13.7 Å². The molecular formula is C19H22N2O3S. The summed E-state index contributed by atoms with van der Waals surface area (Å²) in [5.74, 6) is 1.14. The number of hydrogen-bond donors (Lipinski definition) is 1. The normalized spacial score (nSPS) is 10.2. The molecule has 6 heteroatoms. The number of benzene rings is 2. The van der Waals surface area contributed by atoms with Crippen LogP contribution in [-0.2, 0) is 9.59 Å². The molecule has 25 heavy (non-hydrogen) atoms. The Labute approximate surface area is 152 Å². The fraction of sp³-hybridized carbons (Fsp3) is 0.263. The number of carbonyl (C=O) groups excluding carboxylic acids is 2. The van der Waals surface area contributed by atoms with Gasteiger partial charge in [-0.25, -0.2) is 0 Å². The van der Waals surface area contributed by atoms with Crippen LogP contribution in [0.15, 0.2) is 59.5 Å². The Morgan fingerprint density at radius 3 is 2.40 bits per heavy atom. The van der Waals surface area contributed by atoms with E-state index in [1.807, 2.05) is 30.3 Å². The van der Waals surface area contributed by atoms with Gasteiger partial charge in [0.2, 0.25) is 11.8 Å². The number of likely N-dealkylation sites (N-methyl/N-ethyl adjacent to an activating group) is 1. The summed E-state index contributed by atoms with van der Waals surface area (Å²) >= 11 is 1.63. The summed E-state index contributed by atoms with van der Waals surface area (Å²) in [6, 6.07) is 17.0. The monoisotopic (exact) mass is 358 g/mol. The summed E-state index contributed by atoms with van der Waals surface area (Å²) in [5.41, 5.74) is 0.672. The summed E-state index contributed by atoms with van der Waals surface area (Å²) in [4.78, 5) is 26.7. The van der Waals surface area contributed by atoms with Crippen molar-refractivity contribution in [2.24, 2.45) is 0 Å². The highest BCUT2D eigenvalue weighted by Crippen LogP contribution is 2.18. The Hall–Kier alpha value is -2.47. The van der Waals surface area contributed by atoms with E-state index in [0.29, 0.717) is 17.9 Å². The van der Waals surface area contributed by atoms with E-state index in [1.54, 1.807) is 50.2 Å². The molecule has 5 nitrogen and oxygen atoms in total. The second-order valence-corrected chi connectivity index (χ2v) is 6.61. The average Bonchev–Trinajstić information content (AvgIpc) is 2.63. The number of nitrogens with zero attached hydrogens (tertiary/aromatic N) is 1. The van der Waals surface area contributed by atoms with Crippen molar-refractivity contribution in [2.45, 2.75) is 11.3 Å². The van der Waals surface area contributed by atoms with Crippen LogP contribution in [0.3, 0.4) is 0 Å². The lowest BCUT2D eigenvalue weighted by molar-refractivity contribution is -0.132. The van der Waals surface area contributed by atoms with Crippen molar-refractivity contribution < 1.29 is 14.3 Å². The minimum Gasteiger partial charge on any atom is -0.497 e. The van der Waals surface area contributed by atoms with Gasteiger partial charge in [0.25, 0.3) is 0 Å². The second kappa shape index (κ2) is 9.74. The van der Waals surface area contributed by atoms with Gasteiger partial charge in [-0.15, -0.1) is 11.8 Å². The highest BCUT2D eigenvalue weighted by atomic mass is 32.2. The van der Waals surface area contributed by atoms with Crippen molar-refractivity contribution >= 4 is 29.3 Å². The van der Waals surface area contributed by atoms with E-state index in [4.69, 9.17) is 4.74 Å². The van der Waals surface area contributed by atoms with Crippen LogP contribution in [0.4, 0.5) is 5.69 Å². The zero-order valence-electron chi connectivity index (χ0n) is 14.4. The summed E-state index contributed by atoms with van der Waals surface area (Å²) in [6.45, 7) is 0.0286. The Kier molecular flexibility index (Phi) is 7.35. The lowest BCUT2D eigenvalue weighted by Gasteiger charge is -2.17. The van der Waals surface area contributed by atoms with E-state index in [-0.39, 0.29) is 18.4 Å². The third-order valence-electron chi connectivity index (χ3n) is 3.51. The maximum absolute atomic E-state index is 12.1. The summed E-state index contributed by atoms with van der Waals surface area (Å²) in [5, 5.41) is 2.77. The van der Waals surface area contributed by atoms with Crippen LogP contribution < -0.4 is 10.1 Å². The molecule has 0 unspecified atom stereocenters. The zero-order chi connectivity index (χ0) is 18.1. The maximum Gasteiger partial charge on any atom is 0.243 e. The van der Waals surface area contributed by atoms with Crippen molar-refractivity contribution in [3.63, 3.8) is 0 Å². The number of thioether (sulfide) groups is 1. The van der Waals surface area contributed by atoms with Crippen LogP contribution in [0.5, 0.6) is 5.75 Å². The van der Waals surface area contributed by atoms with Gasteiger partial charge in [-0.1, -0.05) is 18.2 Å². The van der Waals surface area contributed by atoms with E-state index >= 15 is 0 Å². The molecule has 132 valence electrons. The molecule has 0 bridgehead atoms. The number of hydrogen-bond acceptors (Lipinski definition) is 4. The molecule has 0 aliphatic carbocycles. The predicted molar refractivity (Wildman–Crippen MR) is 101 cm³/mol. The number of amides is 2. The van der Waals surface area contributed by atoms with Gasteiger partial charge in [-0.05, 0) is 36.4 Å². The molecule has 2 amide bonds. The molecule has 0 atom stereocenters. The van der Waals surface area contributed by atoms with Crippen molar-refractivity contribution in [3.05, 3.63) is 54.6 Å². The average molecular weight is 358 g/mol. The molecule has 0 aliphatic heterocycles. The van der Waals surface area contributed by atoms with E-state index in [2.05, 4.69) is 5.32 Å². The van der Waals surface area contributed by atoms with Crippen LogP contribution in [0.25, 0.3) is 0 Å². The van der Waals surface area contributed by atoms with Gasteiger partial charge in [0, 0.05) is 29.8 Å². The molecule has 0 fully saturated rings. The van der Waals surface area contributed by atoms with E-state index in [9.17, 15) is 9.59 Å². The number of carbonyl (C=O) groups is 2. The molecule has 2 aromatic rings. The first kappa shape index (κ1) is 18.9. The fourth-order valence-electron chi connectivity index (χ4n) is 2.14. The Morgan fingerprint density at radius 1 is 1.08 bits per heavy atom. The second-order valence-electron chi connectivity index (χ2n) is 5.44. The number of nitrogens with one attached hydrogen (secondary N) is 1. The quantitative estimate of drug-likeness (QED) is 0.736. The number of anilines is 1. The van der Waals surface area contributed by atoms with Gasteiger partial charge >= 0.3 is 0 Å². The Morgan fingerprint density at radius 2 is 1.76 bits per heavy atom. The minimum atomic E-state index is -0.225. The molecule has 2 aromatic carbocycles. The van der Waals surface area contributed by atoms with E-state index < -0.39 is 0 Å². The first-order valence-corrected chi connectivity index (χ1v) is 8.93. The van der Waals surface area contributed by atoms with Gasteiger partial charge in [0.1, 0.15) is 5.75 Å². The first-order valence-electron chi connectivity index (χ1n) is 7.94. The number of methoxy groups -OCH3 is 1. The topological polar surface area (TPSA) is 58.6 Å². The molecule has 0 aliphatic rings.